The molecule has 5 heteroatoms. The van der Waals surface area contributed by atoms with Crippen molar-refractivity contribution in [1.82, 2.24) is 9.55 Å². The Morgan fingerprint density at radius 3 is 2.73 bits per heavy atom. The van der Waals surface area contributed by atoms with Crippen molar-refractivity contribution in [2.45, 2.75) is 19.9 Å². The van der Waals surface area contributed by atoms with Gasteiger partial charge in [-0.2, -0.15) is 0 Å². The van der Waals surface area contributed by atoms with E-state index in [-0.39, 0.29) is 11.6 Å². The molecule has 2 aromatic carbocycles. The maximum absolute atomic E-state index is 12.3. The summed E-state index contributed by atoms with van der Waals surface area (Å²) in [5, 5.41) is 10.5. The first kappa shape index (κ1) is 16.1. The zero-order valence-corrected chi connectivity index (χ0v) is 14.4. The molecule has 0 fully saturated rings. The zero-order valence-electron chi connectivity index (χ0n) is 14.4. The third-order valence-corrected chi connectivity index (χ3v) is 4.61. The molecule has 1 aromatic heterocycles. The second-order valence-electron chi connectivity index (χ2n) is 6.26. The molecule has 0 amide bonds. The molecule has 0 unspecified atom stereocenters. The Bertz CT molecular complexity index is 1070. The second kappa shape index (κ2) is 6.52. The number of aromatic amines is 1. The van der Waals surface area contributed by atoms with E-state index in [0.29, 0.717) is 12.2 Å². The molecule has 2 heterocycles. The van der Waals surface area contributed by atoms with Gasteiger partial charge in [-0.15, -0.1) is 0 Å². The Morgan fingerprint density at radius 2 is 1.96 bits per heavy atom. The van der Waals surface area contributed by atoms with Crippen LogP contribution in [0.4, 0.5) is 5.69 Å². The minimum atomic E-state index is -0.337. The first-order valence-electron chi connectivity index (χ1n) is 8.61. The molecular formula is C21H19N3O2. The summed E-state index contributed by atoms with van der Waals surface area (Å²) in [5.74, 6) is -0.0696. The monoisotopic (exact) mass is 345 g/mol. The number of hydrogen-bond acceptors (Lipinski definition) is 3. The van der Waals surface area contributed by atoms with Gasteiger partial charge in [0.15, 0.2) is 0 Å². The molecule has 4 rings (SSSR count). The predicted octanol–water partition coefficient (Wildman–Crippen LogP) is 3.75. The van der Waals surface area contributed by atoms with Gasteiger partial charge in [0.05, 0.1) is 12.2 Å². The van der Waals surface area contributed by atoms with E-state index < -0.39 is 0 Å². The highest BCUT2D eigenvalue weighted by molar-refractivity contribution is 6.21. The van der Waals surface area contributed by atoms with E-state index in [9.17, 15) is 9.90 Å². The van der Waals surface area contributed by atoms with Gasteiger partial charge in [-0.25, -0.2) is 4.79 Å². The summed E-state index contributed by atoms with van der Waals surface area (Å²) < 4.78 is 1.33. The van der Waals surface area contributed by atoms with Gasteiger partial charge in [-0.3, -0.25) is 9.56 Å². The number of nitrogens with one attached hydrogen (secondary N) is 1. The van der Waals surface area contributed by atoms with Crippen LogP contribution in [-0.2, 0) is 13.0 Å². The average Bonchev–Trinajstić information content (AvgIpc) is 3.19. The summed E-state index contributed by atoms with van der Waals surface area (Å²) >= 11 is 0. The van der Waals surface area contributed by atoms with Crippen molar-refractivity contribution in [3.63, 3.8) is 0 Å². The first-order valence-corrected chi connectivity index (χ1v) is 8.61. The van der Waals surface area contributed by atoms with Crippen LogP contribution in [-0.4, -0.2) is 20.9 Å². The third-order valence-electron chi connectivity index (χ3n) is 4.61. The molecule has 0 atom stereocenters. The molecule has 0 saturated heterocycles. The molecule has 0 spiro atoms. The van der Waals surface area contributed by atoms with Gasteiger partial charge >= 0.3 is 5.69 Å². The Labute approximate surface area is 151 Å². The topological polar surface area (TPSA) is 70.4 Å². The molecule has 0 aliphatic carbocycles. The fraction of sp³-hybridized carbons (Fsp3) is 0.143. The Morgan fingerprint density at radius 1 is 1.15 bits per heavy atom. The number of rotatable bonds is 4. The SMILES string of the molecule is CCc1cccc2c1N=C/C2=C/c1[nH]c(=O)n(Cc2ccccc2)c1O. The van der Waals surface area contributed by atoms with Gasteiger partial charge < -0.3 is 10.1 Å². The van der Waals surface area contributed by atoms with Crippen molar-refractivity contribution in [2.24, 2.45) is 4.99 Å². The van der Waals surface area contributed by atoms with Crippen molar-refractivity contribution < 1.29 is 5.11 Å². The summed E-state index contributed by atoms with van der Waals surface area (Å²) in [6.45, 7) is 2.41. The van der Waals surface area contributed by atoms with Crippen LogP contribution in [0.5, 0.6) is 5.88 Å². The quantitative estimate of drug-likeness (QED) is 0.756. The van der Waals surface area contributed by atoms with E-state index in [1.807, 2.05) is 42.5 Å². The van der Waals surface area contributed by atoms with E-state index in [1.165, 1.54) is 10.1 Å². The summed E-state index contributed by atoms with van der Waals surface area (Å²) in [6, 6.07) is 15.6. The molecule has 0 bridgehead atoms. The number of para-hydroxylation sites is 1. The number of hydrogen-bond donors (Lipinski definition) is 2. The number of aromatic nitrogens is 2. The summed E-state index contributed by atoms with van der Waals surface area (Å²) in [6.07, 6.45) is 4.45. The normalized spacial score (nSPS) is 14.1. The van der Waals surface area contributed by atoms with Crippen molar-refractivity contribution >= 4 is 23.6 Å². The van der Waals surface area contributed by atoms with Crippen LogP contribution in [0, 0.1) is 0 Å². The molecule has 0 radical (unpaired) electrons. The van der Waals surface area contributed by atoms with Gasteiger partial charge in [-0.05, 0) is 23.6 Å². The van der Waals surface area contributed by atoms with E-state index in [2.05, 4.69) is 23.0 Å². The number of imidazole rings is 1. The van der Waals surface area contributed by atoms with Gasteiger partial charge in [0, 0.05) is 17.4 Å². The lowest BCUT2D eigenvalue weighted by atomic mass is 10.0. The Balaban J connectivity index is 1.72. The minimum Gasteiger partial charge on any atom is -0.493 e. The van der Waals surface area contributed by atoms with Crippen LogP contribution in [0.1, 0.15) is 29.3 Å². The number of H-pyrrole nitrogens is 1. The summed E-state index contributed by atoms with van der Waals surface area (Å²) in [7, 11) is 0. The smallest absolute Gasteiger partial charge is 0.329 e. The standard InChI is InChI=1S/C21H19N3O2/c1-2-15-9-6-10-17-16(12-22-19(15)17)11-18-20(25)24(21(26)23-18)13-14-7-4-3-5-8-14/h3-12,25H,2,13H2,1H3,(H,23,26)/b16-11-. The van der Waals surface area contributed by atoms with Crippen LogP contribution in [0.3, 0.4) is 0 Å². The predicted molar refractivity (Wildman–Crippen MR) is 104 cm³/mol. The molecule has 1 aliphatic rings. The third kappa shape index (κ3) is 2.77. The van der Waals surface area contributed by atoms with E-state index >= 15 is 0 Å². The summed E-state index contributed by atoms with van der Waals surface area (Å²) in [4.78, 5) is 19.5. The molecule has 2 N–H and O–H groups in total. The van der Waals surface area contributed by atoms with Crippen LogP contribution in [0.25, 0.3) is 11.6 Å². The second-order valence-corrected chi connectivity index (χ2v) is 6.26. The number of aliphatic imine (C=N–C) groups is 1. The number of fused-ring (bicyclic) bond motifs is 1. The van der Waals surface area contributed by atoms with Crippen LogP contribution in [0.15, 0.2) is 58.3 Å². The molecule has 130 valence electrons. The first-order chi connectivity index (χ1) is 12.7. The highest BCUT2D eigenvalue weighted by Crippen LogP contribution is 2.36. The van der Waals surface area contributed by atoms with Crippen LogP contribution >= 0.6 is 0 Å². The fourth-order valence-corrected chi connectivity index (χ4v) is 3.23. The number of aromatic hydroxyl groups is 1. The van der Waals surface area contributed by atoms with Crippen molar-refractivity contribution in [3.05, 3.63) is 81.4 Å². The van der Waals surface area contributed by atoms with E-state index in [1.54, 1.807) is 12.3 Å². The Hall–Kier alpha value is -3.34. The van der Waals surface area contributed by atoms with Crippen molar-refractivity contribution in [3.8, 4) is 5.88 Å². The maximum atomic E-state index is 12.3. The largest absolute Gasteiger partial charge is 0.493 e. The average molecular weight is 345 g/mol. The van der Waals surface area contributed by atoms with Crippen LogP contribution < -0.4 is 5.69 Å². The number of aryl methyl sites for hydroxylation is 1. The number of benzene rings is 2. The fourth-order valence-electron chi connectivity index (χ4n) is 3.23. The highest BCUT2D eigenvalue weighted by atomic mass is 16.3. The van der Waals surface area contributed by atoms with Crippen molar-refractivity contribution in [1.29, 1.82) is 0 Å². The van der Waals surface area contributed by atoms with Gasteiger partial charge in [-0.1, -0.05) is 55.5 Å². The van der Waals surface area contributed by atoms with Gasteiger partial charge in [0.1, 0.15) is 5.69 Å². The molecule has 5 nitrogen and oxygen atoms in total. The lowest BCUT2D eigenvalue weighted by Gasteiger charge is -2.05. The minimum absolute atomic E-state index is 0.0696. The van der Waals surface area contributed by atoms with E-state index in [0.717, 1.165) is 28.8 Å². The van der Waals surface area contributed by atoms with Gasteiger partial charge in [0.25, 0.3) is 0 Å². The Kier molecular flexibility index (Phi) is 4.05. The van der Waals surface area contributed by atoms with Crippen LogP contribution in [0.2, 0.25) is 0 Å². The van der Waals surface area contributed by atoms with Crippen molar-refractivity contribution in [2.75, 3.05) is 0 Å². The zero-order chi connectivity index (χ0) is 18.1. The lowest BCUT2D eigenvalue weighted by molar-refractivity contribution is 0.420. The molecule has 1 aliphatic heterocycles. The lowest BCUT2D eigenvalue weighted by Crippen LogP contribution is -2.17. The summed E-state index contributed by atoms with van der Waals surface area (Å²) in [5.41, 5.74) is 5.04. The molecule has 26 heavy (non-hydrogen) atoms. The van der Waals surface area contributed by atoms with E-state index in [4.69, 9.17) is 0 Å². The molecular weight excluding hydrogens is 326 g/mol. The number of allylic oxidation sites excluding steroid dienone is 1. The highest BCUT2D eigenvalue weighted by Gasteiger charge is 2.17. The maximum Gasteiger partial charge on any atom is 0.329 e. The number of nitrogens with zero attached hydrogens (tertiary/aromatic N) is 2. The molecule has 0 saturated carbocycles. The molecule has 3 aromatic rings. The van der Waals surface area contributed by atoms with Gasteiger partial charge in [0.2, 0.25) is 5.88 Å².